The number of benzene rings is 1. The minimum Gasteiger partial charge on any atom is -0.438 e. The zero-order valence-corrected chi connectivity index (χ0v) is 10.3. The molecular formula is C12H9ClN4O. The maximum Gasteiger partial charge on any atom is 0.256 e. The molecule has 0 spiro atoms. The summed E-state index contributed by atoms with van der Waals surface area (Å²) in [7, 11) is 0. The highest BCUT2D eigenvalue weighted by atomic mass is 35.5. The van der Waals surface area contributed by atoms with Crippen molar-refractivity contribution in [1.82, 2.24) is 19.6 Å². The summed E-state index contributed by atoms with van der Waals surface area (Å²) in [6.07, 6.45) is 1.41. The van der Waals surface area contributed by atoms with Crippen molar-refractivity contribution in [2.24, 2.45) is 0 Å². The first-order valence-corrected chi connectivity index (χ1v) is 5.72. The van der Waals surface area contributed by atoms with Gasteiger partial charge in [0.1, 0.15) is 17.2 Å². The number of para-hydroxylation sites is 1. The second-order valence-corrected chi connectivity index (χ2v) is 4.08. The van der Waals surface area contributed by atoms with Gasteiger partial charge in [-0.3, -0.25) is 0 Å². The van der Waals surface area contributed by atoms with Gasteiger partial charge in [-0.1, -0.05) is 29.8 Å². The van der Waals surface area contributed by atoms with Gasteiger partial charge in [-0.05, 0) is 19.1 Å². The van der Waals surface area contributed by atoms with Gasteiger partial charge in [0.05, 0.1) is 0 Å². The molecule has 3 aromatic rings. The maximum absolute atomic E-state index is 6.04. The van der Waals surface area contributed by atoms with E-state index in [2.05, 4.69) is 15.1 Å². The van der Waals surface area contributed by atoms with Gasteiger partial charge in [0, 0.05) is 5.56 Å². The van der Waals surface area contributed by atoms with Crippen LogP contribution in [-0.2, 0) is 0 Å². The summed E-state index contributed by atoms with van der Waals surface area (Å²) in [5.41, 5.74) is 0.721. The topological polar surface area (TPSA) is 52.3 Å². The average molecular weight is 261 g/mol. The van der Waals surface area contributed by atoms with Crippen LogP contribution in [0.1, 0.15) is 5.56 Å². The highest BCUT2D eigenvalue weighted by Gasteiger charge is 2.14. The Bertz CT molecular complexity index is 696. The van der Waals surface area contributed by atoms with Gasteiger partial charge in [0.15, 0.2) is 0 Å². The zero-order chi connectivity index (χ0) is 12.5. The van der Waals surface area contributed by atoms with Gasteiger partial charge in [-0.25, -0.2) is 0 Å². The molecule has 0 aliphatic rings. The number of hydrogen-bond acceptors (Lipinski definition) is 4. The Morgan fingerprint density at radius 1 is 1.22 bits per heavy atom. The normalized spacial score (nSPS) is 10.8. The minimum absolute atomic E-state index is 0.362. The molecule has 2 aromatic heterocycles. The molecular weight excluding hydrogens is 252 g/mol. The van der Waals surface area contributed by atoms with E-state index in [1.165, 1.54) is 10.8 Å². The summed E-state index contributed by atoms with van der Waals surface area (Å²) in [5, 5.41) is 4.44. The van der Waals surface area contributed by atoms with E-state index in [1.54, 1.807) is 0 Å². The lowest BCUT2D eigenvalue weighted by Crippen LogP contribution is -2.01. The summed E-state index contributed by atoms with van der Waals surface area (Å²) in [6, 6.07) is 9.43. The van der Waals surface area contributed by atoms with Crippen LogP contribution < -0.4 is 4.74 Å². The molecule has 5 nitrogen and oxygen atoms in total. The Kier molecular flexibility index (Phi) is 2.60. The zero-order valence-electron chi connectivity index (χ0n) is 9.54. The van der Waals surface area contributed by atoms with E-state index >= 15 is 0 Å². The second-order valence-electron chi connectivity index (χ2n) is 3.72. The molecule has 18 heavy (non-hydrogen) atoms. The predicted octanol–water partition coefficient (Wildman–Crippen LogP) is 2.88. The van der Waals surface area contributed by atoms with E-state index in [0.717, 1.165) is 5.56 Å². The van der Waals surface area contributed by atoms with Gasteiger partial charge >= 0.3 is 0 Å². The molecule has 0 amide bonds. The van der Waals surface area contributed by atoms with Crippen molar-refractivity contribution in [2.45, 2.75) is 6.92 Å². The number of aromatic nitrogens is 4. The Morgan fingerprint density at radius 3 is 2.78 bits per heavy atom. The standard InChI is InChI=1S/C12H9ClN4O/c1-8-10(13)16-12-14-7-15-17(12)11(8)18-9-5-3-2-4-6-9/h2-7H,1H3. The summed E-state index contributed by atoms with van der Waals surface area (Å²) >= 11 is 6.04. The molecule has 0 fully saturated rings. The molecule has 0 aliphatic carbocycles. The Labute approximate surface area is 108 Å². The number of hydrogen-bond donors (Lipinski definition) is 0. The van der Waals surface area contributed by atoms with Gasteiger partial charge in [-0.15, -0.1) is 0 Å². The number of ether oxygens (including phenoxy) is 1. The molecule has 0 atom stereocenters. The monoisotopic (exact) mass is 260 g/mol. The summed E-state index contributed by atoms with van der Waals surface area (Å²) in [6.45, 7) is 1.83. The molecule has 0 bridgehead atoms. The van der Waals surface area contributed by atoms with Crippen LogP contribution in [0.25, 0.3) is 5.78 Å². The fourth-order valence-corrected chi connectivity index (χ4v) is 1.75. The molecule has 0 saturated carbocycles. The summed E-state index contributed by atoms with van der Waals surface area (Å²) in [5.74, 6) is 1.64. The SMILES string of the molecule is Cc1c(Cl)nc2ncnn2c1Oc1ccccc1. The lowest BCUT2D eigenvalue weighted by atomic mass is 10.3. The second kappa shape index (κ2) is 4.27. The number of fused-ring (bicyclic) bond motifs is 1. The molecule has 0 N–H and O–H groups in total. The van der Waals surface area contributed by atoms with Crippen LogP contribution in [0.15, 0.2) is 36.7 Å². The number of rotatable bonds is 2. The van der Waals surface area contributed by atoms with E-state index in [9.17, 15) is 0 Å². The molecule has 0 saturated heterocycles. The van der Waals surface area contributed by atoms with Crippen molar-refractivity contribution in [1.29, 1.82) is 0 Å². The van der Waals surface area contributed by atoms with Crippen LogP contribution in [-0.4, -0.2) is 19.6 Å². The smallest absolute Gasteiger partial charge is 0.256 e. The van der Waals surface area contributed by atoms with Crippen molar-refractivity contribution >= 4 is 17.4 Å². The van der Waals surface area contributed by atoms with E-state index in [4.69, 9.17) is 16.3 Å². The van der Waals surface area contributed by atoms with Crippen molar-refractivity contribution in [3.8, 4) is 11.6 Å². The first-order valence-electron chi connectivity index (χ1n) is 5.34. The lowest BCUT2D eigenvalue weighted by Gasteiger charge is -2.10. The molecule has 1 aromatic carbocycles. The highest BCUT2D eigenvalue weighted by Crippen LogP contribution is 2.28. The Hall–Kier alpha value is -2.14. The third kappa shape index (κ3) is 1.78. The quantitative estimate of drug-likeness (QED) is 0.665. The van der Waals surface area contributed by atoms with Crippen LogP contribution in [0.4, 0.5) is 0 Å². The molecule has 90 valence electrons. The third-order valence-electron chi connectivity index (χ3n) is 2.51. The summed E-state index contributed by atoms with van der Waals surface area (Å²) in [4.78, 5) is 8.11. The molecule has 6 heteroatoms. The van der Waals surface area contributed by atoms with Crippen molar-refractivity contribution in [3.63, 3.8) is 0 Å². The number of halogens is 1. The Balaban J connectivity index is 2.16. The largest absolute Gasteiger partial charge is 0.438 e. The fourth-order valence-electron chi connectivity index (χ4n) is 1.59. The van der Waals surface area contributed by atoms with Crippen LogP contribution in [0.5, 0.6) is 11.6 Å². The average Bonchev–Trinajstić information content (AvgIpc) is 2.84. The van der Waals surface area contributed by atoms with E-state index in [1.807, 2.05) is 37.3 Å². The van der Waals surface area contributed by atoms with Crippen LogP contribution in [0, 0.1) is 6.92 Å². The van der Waals surface area contributed by atoms with Crippen molar-refractivity contribution in [2.75, 3.05) is 0 Å². The van der Waals surface area contributed by atoms with E-state index in [-0.39, 0.29) is 0 Å². The highest BCUT2D eigenvalue weighted by molar-refractivity contribution is 6.30. The fraction of sp³-hybridized carbons (Fsp3) is 0.0833. The number of nitrogens with zero attached hydrogens (tertiary/aromatic N) is 4. The minimum atomic E-state index is 0.362. The molecule has 2 heterocycles. The van der Waals surface area contributed by atoms with Crippen molar-refractivity contribution < 1.29 is 4.74 Å². The molecule has 0 aliphatic heterocycles. The molecule has 0 unspecified atom stereocenters. The van der Waals surface area contributed by atoms with Crippen LogP contribution in [0.3, 0.4) is 0 Å². The van der Waals surface area contributed by atoms with Gasteiger partial charge in [-0.2, -0.15) is 19.6 Å². The first kappa shape index (κ1) is 11.0. The molecule has 3 rings (SSSR count). The van der Waals surface area contributed by atoms with E-state index in [0.29, 0.717) is 22.6 Å². The third-order valence-corrected chi connectivity index (χ3v) is 2.88. The summed E-state index contributed by atoms with van der Waals surface area (Å²) < 4.78 is 7.32. The maximum atomic E-state index is 6.04. The predicted molar refractivity (Wildman–Crippen MR) is 67.0 cm³/mol. The van der Waals surface area contributed by atoms with E-state index < -0.39 is 0 Å². The molecule has 0 radical (unpaired) electrons. The first-order chi connectivity index (χ1) is 8.75. The van der Waals surface area contributed by atoms with Gasteiger partial charge < -0.3 is 4.74 Å². The van der Waals surface area contributed by atoms with Gasteiger partial charge in [0.2, 0.25) is 5.88 Å². The van der Waals surface area contributed by atoms with Crippen molar-refractivity contribution in [3.05, 3.63) is 47.4 Å². The lowest BCUT2D eigenvalue weighted by molar-refractivity contribution is 0.442. The van der Waals surface area contributed by atoms with Crippen LogP contribution >= 0.6 is 11.6 Å². The van der Waals surface area contributed by atoms with Gasteiger partial charge in [0.25, 0.3) is 5.78 Å². The van der Waals surface area contributed by atoms with Crippen LogP contribution in [0.2, 0.25) is 5.15 Å². The Morgan fingerprint density at radius 2 is 2.00 bits per heavy atom.